The van der Waals surface area contributed by atoms with E-state index < -0.39 is 29.5 Å². The first kappa shape index (κ1) is 27.5. The minimum Gasteiger partial charge on any atom is -0.497 e. The van der Waals surface area contributed by atoms with Crippen molar-refractivity contribution < 1.29 is 36.9 Å². The molecule has 0 saturated carbocycles. The molecular weight excluding hydrogens is 528 g/mol. The number of amides is 1. The monoisotopic (exact) mass is 552 g/mol. The molecule has 0 aromatic heterocycles. The summed E-state index contributed by atoms with van der Waals surface area (Å²) in [7, 11) is 1.43. The molecule has 0 radical (unpaired) electrons. The predicted molar refractivity (Wildman–Crippen MR) is 136 cm³/mol. The van der Waals surface area contributed by atoms with Crippen molar-refractivity contribution in [1.29, 1.82) is 0 Å². The average Bonchev–Trinajstić information content (AvgIpc) is 3.27. The zero-order valence-corrected chi connectivity index (χ0v) is 21.3. The highest BCUT2D eigenvalue weighted by molar-refractivity contribution is 6.30. The van der Waals surface area contributed by atoms with Gasteiger partial charge in [0.2, 0.25) is 0 Å². The summed E-state index contributed by atoms with van der Waals surface area (Å²) >= 11 is 5.92. The lowest BCUT2D eigenvalue weighted by Crippen LogP contribution is -2.37. The zero-order chi connectivity index (χ0) is 27.6. The topological polar surface area (TPSA) is 71.0 Å². The fourth-order valence-electron chi connectivity index (χ4n) is 4.45. The Balaban J connectivity index is 1.76. The number of benzene rings is 3. The molecular formula is C27H25ClF4N2O4. The molecule has 0 saturated heterocycles. The Morgan fingerprint density at radius 3 is 2.55 bits per heavy atom. The summed E-state index contributed by atoms with van der Waals surface area (Å²) in [5, 5.41) is 12.2. The number of ether oxygens (including phenoxy) is 2. The third-order valence-electron chi connectivity index (χ3n) is 6.20. The van der Waals surface area contributed by atoms with Gasteiger partial charge < -0.3 is 24.8 Å². The second-order valence-electron chi connectivity index (χ2n) is 8.75. The number of halogens is 5. The van der Waals surface area contributed by atoms with Crippen LogP contribution < -0.4 is 19.7 Å². The highest BCUT2D eigenvalue weighted by Crippen LogP contribution is 2.40. The normalized spacial score (nSPS) is 13.7. The zero-order valence-electron chi connectivity index (χ0n) is 20.5. The number of aryl methyl sites for hydroxylation is 1. The van der Waals surface area contributed by atoms with Gasteiger partial charge in [0.25, 0.3) is 5.91 Å². The van der Waals surface area contributed by atoms with Crippen molar-refractivity contribution >= 4 is 28.9 Å². The van der Waals surface area contributed by atoms with Crippen LogP contribution in [0.2, 0.25) is 5.02 Å². The number of anilines is 2. The molecule has 3 aromatic rings. The molecule has 0 aliphatic carbocycles. The van der Waals surface area contributed by atoms with E-state index in [4.69, 9.17) is 26.2 Å². The number of aliphatic hydroxyl groups excluding tert-OH is 1. The third-order valence-corrected chi connectivity index (χ3v) is 6.43. The fraction of sp³-hybridized carbons (Fsp3) is 0.296. The molecule has 1 amide bonds. The van der Waals surface area contributed by atoms with Gasteiger partial charge in [-0.05, 0) is 42.7 Å². The molecule has 1 aliphatic heterocycles. The molecule has 0 bridgehead atoms. The number of hydrogen-bond acceptors (Lipinski definition) is 5. The minimum absolute atomic E-state index is 0.00625. The summed E-state index contributed by atoms with van der Waals surface area (Å²) in [5.74, 6) is -0.729. The lowest BCUT2D eigenvalue weighted by atomic mass is 10.0. The molecule has 3 aromatic carbocycles. The second-order valence-corrected chi connectivity index (χ2v) is 9.18. The fourth-order valence-corrected chi connectivity index (χ4v) is 4.60. The Labute approximate surface area is 221 Å². The van der Waals surface area contributed by atoms with E-state index in [1.165, 1.54) is 43.2 Å². The van der Waals surface area contributed by atoms with Gasteiger partial charge in [-0.15, -0.1) is 0 Å². The standard InChI is InChI=1S/C27H25ClF4N2O4/c1-15-9-16-5-6-34(24(16)14-22(15)27(30,31)32)26(36)25(21-4-3-17(28)10-23(21)29)33-18-11-19(37-2)13-20(12-18)38-8-7-35/h3-4,9-14,25,33,35H,5-8H2,1-2H3. The lowest BCUT2D eigenvalue weighted by molar-refractivity contribution is -0.138. The molecule has 1 atom stereocenters. The van der Waals surface area contributed by atoms with E-state index in [0.29, 0.717) is 29.2 Å². The third kappa shape index (κ3) is 5.81. The van der Waals surface area contributed by atoms with Gasteiger partial charge in [0.05, 0.1) is 19.3 Å². The number of nitrogens with zero attached hydrogens (tertiary/aromatic N) is 1. The summed E-state index contributed by atoms with van der Waals surface area (Å²) in [6.07, 6.45) is -4.24. The van der Waals surface area contributed by atoms with E-state index in [0.717, 1.165) is 12.1 Å². The van der Waals surface area contributed by atoms with Crippen LogP contribution in [0.3, 0.4) is 0 Å². The molecule has 1 aliphatic rings. The highest BCUT2D eigenvalue weighted by Gasteiger charge is 2.38. The van der Waals surface area contributed by atoms with Crippen LogP contribution >= 0.6 is 11.6 Å². The predicted octanol–water partition coefficient (Wildman–Crippen LogP) is 5.93. The van der Waals surface area contributed by atoms with Crippen molar-refractivity contribution in [3.63, 3.8) is 0 Å². The number of carbonyl (C=O) groups is 1. The van der Waals surface area contributed by atoms with Crippen LogP contribution in [0.5, 0.6) is 11.5 Å². The number of fused-ring (bicyclic) bond motifs is 1. The van der Waals surface area contributed by atoms with E-state index >= 15 is 4.39 Å². The Morgan fingerprint density at radius 1 is 1.16 bits per heavy atom. The van der Waals surface area contributed by atoms with E-state index in [2.05, 4.69) is 5.32 Å². The molecule has 1 heterocycles. The summed E-state index contributed by atoms with van der Waals surface area (Å²) in [5.41, 5.74) is 0.236. The van der Waals surface area contributed by atoms with Crippen molar-refractivity contribution in [2.45, 2.75) is 25.6 Å². The smallest absolute Gasteiger partial charge is 0.416 e. The molecule has 11 heteroatoms. The van der Waals surface area contributed by atoms with Crippen molar-refractivity contribution in [3.8, 4) is 11.5 Å². The first-order valence-corrected chi connectivity index (χ1v) is 12.1. The molecule has 2 N–H and O–H groups in total. The van der Waals surface area contributed by atoms with Crippen molar-refractivity contribution in [2.24, 2.45) is 0 Å². The summed E-state index contributed by atoms with van der Waals surface area (Å²) in [6.45, 7) is 1.28. The molecule has 202 valence electrons. The Morgan fingerprint density at radius 2 is 1.89 bits per heavy atom. The number of aliphatic hydroxyl groups is 1. The SMILES string of the molecule is COc1cc(NC(C(=O)N2CCc3cc(C)c(C(F)(F)F)cc32)c2ccc(Cl)cc2F)cc(OCCO)c1. The van der Waals surface area contributed by atoms with Crippen LogP contribution in [0.25, 0.3) is 0 Å². The van der Waals surface area contributed by atoms with Gasteiger partial charge in [0.1, 0.15) is 30.0 Å². The summed E-state index contributed by atoms with van der Waals surface area (Å²) < 4.78 is 66.7. The van der Waals surface area contributed by atoms with Crippen molar-refractivity contribution in [1.82, 2.24) is 0 Å². The van der Waals surface area contributed by atoms with Gasteiger partial charge in [-0.1, -0.05) is 23.7 Å². The number of nitrogens with one attached hydrogen (secondary N) is 1. The van der Waals surface area contributed by atoms with Gasteiger partial charge in [-0.2, -0.15) is 13.2 Å². The Kier molecular flexibility index (Phi) is 8.03. The number of methoxy groups -OCH3 is 1. The summed E-state index contributed by atoms with van der Waals surface area (Å²) in [6, 6.07) is 9.57. The first-order chi connectivity index (χ1) is 18.0. The van der Waals surface area contributed by atoms with Crippen LogP contribution in [0, 0.1) is 12.7 Å². The number of rotatable bonds is 8. The Hall–Kier alpha value is -3.50. The van der Waals surface area contributed by atoms with Crippen LogP contribution in [0.15, 0.2) is 48.5 Å². The van der Waals surface area contributed by atoms with Crippen LogP contribution in [0.4, 0.5) is 28.9 Å². The number of hydrogen-bond donors (Lipinski definition) is 2. The largest absolute Gasteiger partial charge is 0.497 e. The second kappa shape index (κ2) is 11.1. The van der Waals surface area contributed by atoms with Crippen LogP contribution in [-0.4, -0.2) is 37.9 Å². The maximum absolute atomic E-state index is 15.1. The maximum atomic E-state index is 15.1. The Bertz CT molecular complexity index is 1350. The van der Waals surface area contributed by atoms with Crippen LogP contribution in [-0.2, 0) is 17.4 Å². The van der Waals surface area contributed by atoms with Gasteiger partial charge in [-0.3, -0.25) is 4.79 Å². The van der Waals surface area contributed by atoms with E-state index in [9.17, 15) is 18.0 Å². The van der Waals surface area contributed by atoms with Gasteiger partial charge in [0, 0.05) is 46.7 Å². The van der Waals surface area contributed by atoms with Crippen molar-refractivity contribution in [3.05, 3.63) is 81.6 Å². The minimum atomic E-state index is -4.60. The van der Waals surface area contributed by atoms with Gasteiger partial charge in [0.15, 0.2) is 0 Å². The molecule has 6 nitrogen and oxygen atoms in total. The molecule has 38 heavy (non-hydrogen) atoms. The van der Waals surface area contributed by atoms with E-state index in [-0.39, 0.29) is 41.6 Å². The van der Waals surface area contributed by atoms with Crippen molar-refractivity contribution in [2.75, 3.05) is 37.1 Å². The highest BCUT2D eigenvalue weighted by atomic mass is 35.5. The molecule has 1 unspecified atom stereocenters. The molecule has 0 fully saturated rings. The summed E-state index contributed by atoms with van der Waals surface area (Å²) in [4.78, 5) is 15.1. The maximum Gasteiger partial charge on any atom is 0.416 e. The number of alkyl halides is 3. The lowest BCUT2D eigenvalue weighted by Gasteiger charge is -2.27. The van der Waals surface area contributed by atoms with Crippen LogP contribution in [0.1, 0.15) is 28.3 Å². The van der Waals surface area contributed by atoms with Gasteiger partial charge >= 0.3 is 6.18 Å². The van der Waals surface area contributed by atoms with E-state index in [1.807, 2.05) is 0 Å². The van der Waals surface area contributed by atoms with Gasteiger partial charge in [-0.25, -0.2) is 4.39 Å². The average molecular weight is 553 g/mol. The number of carbonyl (C=O) groups excluding carboxylic acids is 1. The molecule has 4 rings (SSSR count). The first-order valence-electron chi connectivity index (χ1n) is 11.7. The van der Waals surface area contributed by atoms with E-state index in [1.54, 1.807) is 12.1 Å². The quantitative estimate of drug-likeness (QED) is 0.339. The molecule has 0 spiro atoms.